The summed E-state index contributed by atoms with van der Waals surface area (Å²) in [4.78, 5) is 2.41. The van der Waals surface area contributed by atoms with Gasteiger partial charge in [-0.05, 0) is 25.6 Å². The number of ether oxygens (including phenoxy) is 1. The van der Waals surface area contributed by atoms with Crippen molar-refractivity contribution < 1.29 is 14.9 Å². The molecule has 0 aromatic heterocycles. The smallest absolute Gasteiger partial charge is 0.123 e. The molecule has 0 bridgehead atoms. The molecule has 0 unspecified atom stereocenters. The monoisotopic (exact) mass is 266 g/mol. The average Bonchev–Trinajstić information content (AvgIpc) is 2.42. The van der Waals surface area contributed by atoms with Crippen LogP contribution in [0.15, 0.2) is 18.2 Å². The third-order valence-electron chi connectivity index (χ3n) is 3.32. The van der Waals surface area contributed by atoms with Gasteiger partial charge in [-0.3, -0.25) is 4.90 Å². The van der Waals surface area contributed by atoms with E-state index in [0.29, 0.717) is 6.54 Å². The number of hydrogen-bond donors (Lipinski definition) is 3. The Bertz CT molecular complexity index is 392. The molecule has 0 atom stereocenters. The molecular formula is C14H22N2O3. The van der Waals surface area contributed by atoms with Crippen LogP contribution in [0.25, 0.3) is 0 Å². The van der Waals surface area contributed by atoms with Crippen molar-refractivity contribution in [2.45, 2.75) is 13.0 Å². The number of phenols is 2. The number of benzene rings is 1. The first kappa shape index (κ1) is 14.1. The third-order valence-corrected chi connectivity index (χ3v) is 3.32. The zero-order valence-electron chi connectivity index (χ0n) is 11.1. The van der Waals surface area contributed by atoms with E-state index in [1.165, 1.54) is 6.07 Å². The van der Waals surface area contributed by atoms with Crippen molar-refractivity contribution in [2.75, 3.05) is 39.4 Å². The van der Waals surface area contributed by atoms with Crippen LogP contribution in [0.1, 0.15) is 12.0 Å². The van der Waals surface area contributed by atoms with Crippen LogP contribution in [0.3, 0.4) is 0 Å². The first-order valence-electron chi connectivity index (χ1n) is 6.77. The van der Waals surface area contributed by atoms with E-state index in [4.69, 9.17) is 4.74 Å². The van der Waals surface area contributed by atoms with Crippen molar-refractivity contribution in [2.24, 2.45) is 0 Å². The number of rotatable bonds is 6. The predicted octanol–water partition coefficient (Wildman–Crippen LogP) is 0.910. The Morgan fingerprint density at radius 1 is 1.21 bits per heavy atom. The molecule has 1 aromatic rings. The summed E-state index contributed by atoms with van der Waals surface area (Å²) in [5.74, 6) is 0.231. The van der Waals surface area contributed by atoms with E-state index in [2.05, 4.69) is 10.2 Å². The maximum Gasteiger partial charge on any atom is 0.123 e. The van der Waals surface area contributed by atoms with E-state index in [1.54, 1.807) is 12.1 Å². The zero-order valence-corrected chi connectivity index (χ0v) is 11.1. The van der Waals surface area contributed by atoms with Gasteiger partial charge in [0, 0.05) is 31.3 Å². The van der Waals surface area contributed by atoms with Crippen LogP contribution >= 0.6 is 0 Å². The second kappa shape index (κ2) is 7.33. The van der Waals surface area contributed by atoms with E-state index >= 15 is 0 Å². The normalized spacial score (nSPS) is 16.6. The number of nitrogens with zero attached hydrogens (tertiary/aromatic N) is 1. The van der Waals surface area contributed by atoms with E-state index in [-0.39, 0.29) is 11.5 Å². The fraction of sp³-hybridized carbons (Fsp3) is 0.571. The lowest BCUT2D eigenvalue weighted by molar-refractivity contribution is 0.0374. The van der Waals surface area contributed by atoms with Gasteiger partial charge in [0.25, 0.3) is 0 Å². The molecule has 1 saturated heterocycles. The van der Waals surface area contributed by atoms with Crippen molar-refractivity contribution >= 4 is 0 Å². The maximum absolute atomic E-state index is 9.63. The third kappa shape index (κ3) is 4.70. The molecule has 19 heavy (non-hydrogen) atoms. The van der Waals surface area contributed by atoms with Crippen LogP contribution in [-0.4, -0.2) is 54.5 Å². The van der Waals surface area contributed by atoms with Gasteiger partial charge >= 0.3 is 0 Å². The molecule has 1 aliphatic heterocycles. The quantitative estimate of drug-likeness (QED) is 0.668. The van der Waals surface area contributed by atoms with E-state index < -0.39 is 0 Å². The Morgan fingerprint density at radius 2 is 2.00 bits per heavy atom. The molecule has 0 saturated carbocycles. The minimum absolute atomic E-state index is 0.0913. The Hall–Kier alpha value is -1.30. The highest BCUT2D eigenvalue weighted by Crippen LogP contribution is 2.22. The van der Waals surface area contributed by atoms with Crippen molar-refractivity contribution in [3.8, 4) is 11.5 Å². The minimum Gasteiger partial charge on any atom is -0.508 e. The fourth-order valence-corrected chi connectivity index (χ4v) is 2.18. The Balaban J connectivity index is 1.61. The lowest BCUT2D eigenvalue weighted by atomic mass is 10.2. The number of morpholine rings is 1. The molecule has 2 rings (SSSR count). The van der Waals surface area contributed by atoms with Gasteiger partial charge < -0.3 is 20.3 Å². The van der Waals surface area contributed by atoms with Crippen LogP contribution < -0.4 is 5.32 Å². The molecule has 5 heteroatoms. The molecule has 5 nitrogen and oxygen atoms in total. The van der Waals surface area contributed by atoms with Gasteiger partial charge in [0.2, 0.25) is 0 Å². The van der Waals surface area contributed by atoms with E-state index in [1.807, 2.05) is 0 Å². The highest BCUT2D eigenvalue weighted by Gasteiger charge is 2.09. The molecular weight excluding hydrogens is 244 g/mol. The van der Waals surface area contributed by atoms with Crippen molar-refractivity contribution in [1.82, 2.24) is 10.2 Å². The van der Waals surface area contributed by atoms with Crippen LogP contribution in [-0.2, 0) is 11.3 Å². The molecule has 3 N–H and O–H groups in total. The number of aromatic hydroxyl groups is 2. The second-order valence-corrected chi connectivity index (χ2v) is 4.80. The first-order valence-corrected chi connectivity index (χ1v) is 6.77. The minimum atomic E-state index is 0.0913. The molecule has 0 radical (unpaired) electrons. The summed E-state index contributed by atoms with van der Waals surface area (Å²) < 4.78 is 5.30. The van der Waals surface area contributed by atoms with Crippen LogP contribution in [0.5, 0.6) is 11.5 Å². The van der Waals surface area contributed by atoms with E-state index in [0.717, 1.165) is 51.4 Å². The molecule has 0 amide bonds. The molecule has 1 heterocycles. The molecule has 1 aromatic carbocycles. The zero-order chi connectivity index (χ0) is 13.5. The Kier molecular flexibility index (Phi) is 5.44. The topological polar surface area (TPSA) is 65.0 Å². The lowest BCUT2D eigenvalue weighted by Crippen LogP contribution is -2.37. The Labute approximate surface area is 113 Å². The van der Waals surface area contributed by atoms with Gasteiger partial charge in [-0.25, -0.2) is 0 Å². The number of phenolic OH excluding ortho intramolecular Hbond substituents is 2. The summed E-state index contributed by atoms with van der Waals surface area (Å²) in [6, 6.07) is 4.69. The predicted molar refractivity (Wildman–Crippen MR) is 73.4 cm³/mol. The number of hydrogen-bond acceptors (Lipinski definition) is 5. The van der Waals surface area contributed by atoms with Crippen molar-refractivity contribution in [3.63, 3.8) is 0 Å². The Morgan fingerprint density at radius 3 is 2.74 bits per heavy atom. The SMILES string of the molecule is Oc1ccc(CNCCCN2CCOCC2)c(O)c1. The van der Waals surface area contributed by atoms with Gasteiger partial charge in [0.1, 0.15) is 11.5 Å². The van der Waals surface area contributed by atoms with Gasteiger partial charge in [-0.1, -0.05) is 6.07 Å². The van der Waals surface area contributed by atoms with Crippen LogP contribution in [0, 0.1) is 0 Å². The highest BCUT2D eigenvalue weighted by molar-refractivity contribution is 5.38. The summed E-state index contributed by atoms with van der Waals surface area (Å²) in [6.07, 6.45) is 1.08. The van der Waals surface area contributed by atoms with Gasteiger partial charge in [0.05, 0.1) is 13.2 Å². The summed E-state index contributed by atoms with van der Waals surface area (Å²) in [7, 11) is 0. The summed E-state index contributed by atoms with van der Waals surface area (Å²) in [5, 5.41) is 22.1. The standard InChI is InChI=1S/C14H22N2O3/c17-13-3-2-12(14(18)10-13)11-15-4-1-5-16-6-8-19-9-7-16/h2-3,10,15,17-18H,1,4-9,11H2. The van der Waals surface area contributed by atoms with Gasteiger partial charge in [-0.15, -0.1) is 0 Å². The summed E-state index contributed by atoms with van der Waals surface area (Å²) in [5.41, 5.74) is 0.809. The van der Waals surface area contributed by atoms with Gasteiger partial charge in [-0.2, -0.15) is 0 Å². The van der Waals surface area contributed by atoms with Crippen molar-refractivity contribution in [3.05, 3.63) is 23.8 Å². The van der Waals surface area contributed by atoms with Crippen molar-refractivity contribution in [1.29, 1.82) is 0 Å². The molecule has 1 aliphatic rings. The van der Waals surface area contributed by atoms with Crippen LogP contribution in [0.2, 0.25) is 0 Å². The fourth-order valence-electron chi connectivity index (χ4n) is 2.18. The number of nitrogens with one attached hydrogen (secondary N) is 1. The molecule has 1 fully saturated rings. The summed E-state index contributed by atoms with van der Waals surface area (Å²) >= 11 is 0. The van der Waals surface area contributed by atoms with E-state index in [9.17, 15) is 10.2 Å². The summed E-state index contributed by atoms with van der Waals surface area (Å²) in [6.45, 7) is 6.35. The maximum atomic E-state index is 9.63. The second-order valence-electron chi connectivity index (χ2n) is 4.80. The highest BCUT2D eigenvalue weighted by atomic mass is 16.5. The average molecular weight is 266 g/mol. The first-order chi connectivity index (χ1) is 9.25. The molecule has 106 valence electrons. The van der Waals surface area contributed by atoms with Gasteiger partial charge in [0.15, 0.2) is 0 Å². The molecule has 0 spiro atoms. The molecule has 0 aliphatic carbocycles. The van der Waals surface area contributed by atoms with Crippen LogP contribution in [0.4, 0.5) is 0 Å². The lowest BCUT2D eigenvalue weighted by Gasteiger charge is -2.26. The largest absolute Gasteiger partial charge is 0.508 e.